The maximum absolute atomic E-state index is 12.3. The van der Waals surface area contributed by atoms with Crippen molar-refractivity contribution >= 4 is 34.8 Å². The smallest absolute Gasteiger partial charge is 0.330 e. The molecule has 2 aromatic carbocycles. The number of carbonyl (C=O) groups excluding carboxylic acids is 1. The lowest BCUT2D eigenvalue weighted by Gasteiger charge is -2.14. The van der Waals surface area contributed by atoms with Gasteiger partial charge in [-0.1, -0.05) is 53.6 Å². The predicted octanol–water partition coefficient (Wildman–Crippen LogP) is 4.26. The first-order valence-corrected chi connectivity index (χ1v) is 9.47. The van der Waals surface area contributed by atoms with Gasteiger partial charge in [0, 0.05) is 16.0 Å². The maximum atomic E-state index is 12.3. The standard InChI is InChI=1S/C20H17ClN2O3S/c1-12-2-4-14(5-3-12)19-22-16(11-27-19)10-17(24)23-18(20(25)26)13-6-8-15(21)9-7-13/h2-9,11,18H,10H2,1H3,(H,23,24)(H,25,26). The van der Waals surface area contributed by atoms with Crippen molar-refractivity contribution in [2.75, 3.05) is 0 Å². The van der Waals surface area contributed by atoms with E-state index in [1.54, 1.807) is 24.3 Å². The molecule has 0 bridgehead atoms. The average Bonchev–Trinajstić information content (AvgIpc) is 3.09. The number of nitrogens with one attached hydrogen (secondary N) is 1. The highest BCUT2D eigenvalue weighted by Crippen LogP contribution is 2.24. The molecule has 0 aliphatic heterocycles. The van der Waals surface area contributed by atoms with Crippen LogP contribution in [0.2, 0.25) is 5.02 Å². The number of carbonyl (C=O) groups is 2. The van der Waals surface area contributed by atoms with Gasteiger partial charge in [-0.15, -0.1) is 11.3 Å². The first-order chi connectivity index (χ1) is 12.9. The molecule has 1 aromatic heterocycles. The van der Waals surface area contributed by atoms with Gasteiger partial charge in [-0.2, -0.15) is 0 Å². The van der Waals surface area contributed by atoms with Crippen LogP contribution in [0.25, 0.3) is 10.6 Å². The number of aliphatic carboxylic acids is 1. The lowest BCUT2D eigenvalue weighted by Crippen LogP contribution is -2.34. The summed E-state index contributed by atoms with van der Waals surface area (Å²) >= 11 is 7.28. The van der Waals surface area contributed by atoms with Gasteiger partial charge in [-0.3, -0.25) is 4.79 Å². The molecule has 2 N–H and O–H groups in total. The molecule has 0 aliphatic rings. The molecule has 0 saturated carbocycles. The van der Waals surface area contributed by atoms with Crippen LogP contribution in [0.5, 0.6) is 0 Å². The van der Waals surface area contributed by atoms with Gasteiger partial charge in [0.25, 0.3) is 0 Å². The molecule has 138 valence electrons. The number of thiazole rings is 1. The van der Waals surface area contributed by atoms with E-state index in [-0.39, 0.29) is 6.42 Å². The Morgan fingerprint density at radius 3 is 2.44 bits per heavy atom. The fourth-order valence-corrected chi connectivity index (χ4v) is 3.49. The molecular weight excluding hydrogens is 384 g/mol. The third-order valence-electron chi connectivity index (χ3n) is 3.95. The van der Waals surface area contributed by atoms with Crippen LogP contribution in [-0.2, 0) is 16.0 Å². The molecular formula is C20H17ClN2O3S. The highest BCUT2D eigenvalue weighted by molar-refractivity contribution is 7.13. The Morgan fingerprint density at radius 1 is 1.15 bits per heavy atom. The van der Waals surface area contributed by atoms with E-state index in [4.69, 9.17) is 11.6 Å². The van der Waals surface area contributed by atoms with Gasteiger partial charge in [0.1, 0.15) is 5.01 Å². The summed E-state index contributed by atoms with van der Waals surface area (Å²) in [5, 5.41) is 15.1. The fraction of sp³-hybridized carbons (Fsp3) is 0.150. The van der Waals surface area contributed by atoms with E-state index in [0.717, 1.165) is 16.1 Å². The van der Waals surface area contributed by atoms with Gasteiger partial charge in [0.2, 0.25) is 5.91 Å². The Morgan fingerprint density at radius 2 is 1.81 bits per heavy atom. The molecule has 0 saturated heterocycles. The van der Waals surface area contributed by atoms with E-state index >= 15 is 0 Å². The van der Waals surface area contributed by atoms with Gasteiger partial charge >= 0.3 is 5.97 Å². The zero-order valence-corrected chi connectivity index (χ0v) is 16.1. The molecule has 0 aliphatic carbocycles. The van der Waals surface area contributed by atoms with Crippen LogP contribution in [0.15, 0.2) is 53.9 Å². The third kappa shape index (κ3) is 4.93. The topological polar surface area (TPSA) is 79.3 Å². The quantitative estimate of drug-likeness (QED) is 0.648. The highest BCUT2D eigenvalue weighted by atomic mass is 35.5. The second-order valence-corrected chi connectivity index (χ2v) is 7.37. The lowest BCUT2D eigenvalue weighted by molar-refractivity contribution is -0.142. The molecule has 0 spiro atoms. The number of aromatic nitrogens is 1. The summed E-state index contributed by atoms with van der Waals surface area (Å²) in [7, 11) is 0. The SMILES string of the molecule is Cc1ccc(-c2nc(CC(=O)NC(C(=O)O)c3ccc(Cl)cc3)cs2)cc1. The van der Waals surface area contributed by atoms with E-state index in [2.05, 4.69) is 10.3 Å². The number of hydrogen-bond acceptors (Lipinski definition) is 4. The number of halogens is 1. The Bertz CT molecular complexity index is 952. The van der Waals surface area contributed by atoms with Crippen LogP contribution < -0.4 is 5.32 Å². The van der Waals surface area contributed by atoms with E-state index in [9.17, 15) is 14.7 Å². The summed E-state index contributed by atoms with van der Waals surface area (Å²) < 4.78 is 0. The molecule has 1 unspecified atom stereocenters. The number of amides is 1. The van der Waals surface area contributed by atoms with E-state index < -0.39 is 17.9 Å². The molecule has 27 heavy (non-hydrogen) atoms. The summed E-state index contributed by atoms with van der Waals surface area (Å²) in [5.41, 5.74) is 3.21. The van der Waals surface area contributed by atoms with Crippen molar-refractivity contribution in [3.8, 4) is 10.6 Å². The molecule has 3 rings (SSSR count). The van der Waals surface area contributed by atoms with Crippen molar-refractivity contribution in [2.24, 2.45) is 0 Å². The van der Waals surface area contributed by atoms with Crippen LogP contribution >= 0.6 is 22.9 Å². The van der Waals surface area contributed by atoms with Crippen LogP contribution in [0.1, 0.15) is 22.9 Å². The van der Waals surface area contributed by atoms with Crippen molar-refractivity contribution < 1.29 is 14.7 Å². The number of rotatable bonds is 6. The zero-order chi connectivity index (χ0) is 19.4. The van der Waals surface area contributed by atoms with E-state index in [1.807, 2.05) is 36.6 Å². The molecule has 1 heterocycles. The van der Waals surface area contributed by atoms with Crippen molar-refractivity contribution in [3.05, 3.63) is 75.8 Å². The largest absolute Gasteiger partial charge is 0.479 e. The van der Waals surface area contributed by atoms with Gasteiger partial charge < -0.3 is 10.4 Å². The number of carboxylic acids is 1. The molecule has 3 aromatic rings. The highest BCUT2D eigenvalue weighted by Gasteiger charge is 2.22. The van der Waals surface area contributed by atoms with Crippen molar-refractivity contribution in [2.45, 2.75) is 19.4 Å². The first kappa shape index (κ1) is 19.1. The van der Waals surface area contributed by atoms with E-state index in [1.165, 1.54) is 11.3 Å². The minimum atomic E-state index is -1.13. The summed E-state index contributed by atoms with van der Waals surface area (Å²) in [5.74, 6) is -1.54. The maximum Gasteiger partial charge on any atom is 0.330 e. The monoisotopic (exact) mass is 400 g/mol. The average molecular weight is 401 g/mol. The summed E-state index contributed by atoms with van der Waals surface area (Å²) in [6, 6.07) is 13.2. The fourth-order valence-electron chi connectivity index (χ4n) is 2.54. The number of nitrogens with zero attached hydrogens (tertiary/aromatic N) is 1. The molecule has 7 heteroatoms. The Balaban J connectivity index is 1.68. The summed E-state index contributed by atoms with van der Waals surface area (Å²) in [6.45, 7) is 2.01. The minimum Gasteiger partial charge on any atom is -0.479 e. The molecule has 5 nitrogen and oxygen atoms in total. The number of carboxylic acid groups (broad SMARTS) is 1. The molecule has 0 radical (unpaired) electrons. The Hall–Kier alpha value is -2.70. The second kappa shape index (κ2) is 8.33. The number of benzene rings is 2. The van der Waals surface area contributed by atoms with Crippen LogP contribution in [0.3, 0.4) is 0 Å². The zero-order valence-electron chi connectivity index (χ0n) is 14.5. The van der Waals surface area contributed by atoms with Gasteiger partial charge in [-0.25, -0.2) is 9.78 Å². The van der Waals surface area contributed by atoms with Crippen LogP contribution in [-0.4, -0.2) is 22.0 Å². The van der Waals surface area contributed by atoms with Gasteiger partial charge in [0.15, 0.2) is 6.04 Å². The number of hydrogen-bond donors (Lipinski definition) is 2. The minimum absolute atomic E-state index is 0.0136. The van der Waals surface area contributed by atoms with Crippen molar-refractivity contribution in [1.82, 2.24) is 10.3 Å². The molecule has 1 amide bonds. The third-order valence-corrected chi connectivity index (χ3v) is 5.14. The lowest BCUT2D eigenvalue weighted by atomic mass is 10.1. The predicted molar refractivity (Wildman–Crippen MR) is 106 cm³/mol. The Labute approximate surface area is 165 Å². The van der Waals surface area contributed by atoms with Gasteiger partial charge in [-0.05, 0) is 24.6 Å². The van der Waals surface area contributed by atoms with Crippen LogP contribution in [0.4, 0.5) is 0 Å². The normalized spacial score (nSPS) is 11.8. The molecule has 0 fully saturated rings. The summed E-state index contributed by atoms with van der Waals surface area (Å²) in [4.78, 5) is 28.3. The first-order valence-electron chi connectivity index (χ1n) is 8.21. The van der Waals surface area contributed by atoms with Crippen LogP contribution in [0, 0.1) is 6.92 Å². The second-order valence-electron chi connectivity index (χ2n) is 6.08. The number of aryl methyl sites for hydroxylation is 1. The molecule has 1 atom stereocenters. The van der Waals surface area contributed by atoms with Gasteiger partial charge in [0.05, 0.1) is 12.1 Å². The summed E-state index contributed by atoms with van der Waals surface area (Å²) in [6.07, 6.45) is 0.0136. The van der Waals surface area contributed by atoms with Crippen molar-refractivity contribution in [3.63, 3.8) is 0 Å². The van der Waals surface area contributed by atoms with E-state index in [0.29, 0.717) is 16.3 Å². The van der Waals surface area contributed by atoms with Crippen molar-refractivity contribution in [1.29, 1.82) is 0 Å². The Kier molecular flexibility index (Phi) is 5.88.